The molecule has 2 fully saturated rings. The van der Waals surface area contributed by atoms with Crippen molar-refractivity contribution in [1.29, 1.82) is 0 Å². The molecule has 7 heterocycles. The summed E-state index contributed by atoms with van der Waals surface area (Å²) in [6.45, 7) is 30.7. The molecular formula is C65H88N8O13. The highest BCUT2D eigenvalue weighted by molar-refractivity contribution is 6.26. The van der Waals surface area contributed by atoms with Crippen LogP contribution in [0.1, 0.15) is 102 Å². The van der Waals surface area contributed by atoms with Gasteiger partial charge in [-0.15, -0.1) is 0 Å². The maximum atomic E-state index is 15.4. The summed E-state index contributed by atoms with van der Waals surface area (Å²) in [7, 11) is 1.51. The molecule has 5 bridgehead atoms. The molecule has 10 rings (SSSR count). The van der Waals surface area contributed by atoms with Gasteiger partial charge in [-0.2, -0.15) is 0 Å². The number of nitrogens with zero attached hydrogens (tertiary/aromatic N) is 7. The van der Waals surface area contributed by atoms with Gasteiger partial charge in [0, 0.05) is 162 Å². The number of methoxy groups -OCH3 is 1. The molecule has 1 aromatic heterocycles. The average Bonchev–Trinajstić information content (AvgIpc) is 1.36. The van der Waals surface area contributed by atoms with Crippen molar-refractivity contribution in [3.63, 3.8) is 0 Å². The first-order valence-corrected chi connectivity index (χ1v) is 30.4. The fourth-order valence-corrected chi connectivity index (χ4v) is 12.8. The number of hydrogen-bond donors (Lipinski definition) is 4. The Morgan fingerprint density at radius 1 is 0.919 bits per heavy atom. The lowest BCUT2D eigenvalue weighted by atomic mass is 9.77. The summed E-state index contributed by atoms with van der Waals surface area (Å²) in [5.41, 5.74) is 2.66. The van der Waals surface area contributed by atoms with Crippen molar-refractivity contribution in [2.75, 3.05) is 84.1 Å². The lowest BCUT2D eigenvalue weighted by molar-refractivity contribution is -0.160. The van der Waals surface area contributed by atoms with Crippen molar-refractivity contribution in [3.05, 3.63) is 95.8 Å². The van der Waals surface area contributed by atoms with Gasteiger partial charge < -0.3 is 63.4 Å². The van der Waals surface area contributed by atoms with Gasteiger partial charge in [-0.25, -0.2) is 9.98 Å². The number of phenolic OH excluding ortho intramolecular Hbond substituents is 1. The number of aliphatic hydroxyl groups is 2. The van der Waals surface area contributed by atoms with E-state index in [1.807, 2.05) is 24.0 Å². The topological polar surface area (TPSA) is 240 Å². The van der Waals surface area contributed by atoms with E-state index < -0.39 is 83.7 Å². The van der Waals surface area contributed by atoms with Crippen molar-refractivity contribution < 1.29 is 62.9 Å². The number of ketones is 1. The SMILES string of the molecule is C=C1c2c3c(C)c(O)c4c2C2=Nc5c(OCCCCN6CCN(C(=O)Cn7ccnc7)CC6)cc(N6CCN(CC(C)C)CC6)cc5OC2C(NC(=O)/C(C)=C\C=C\[C@H](C)[C@H](O)[C@@H](C)[C@@H](O)[C@@H](C)[C@H](OC(C)=O)[C@H](C)[C@@H](OC)/C=C/O[C@@]1(C)O3)C4=O. The first kappa shape index (κ1) is 63.5. The predicted octanol–water partition coefficient (Wildman–Crippen LogP) is 6.62. The molecular weight excluding hydrogens is 1100 g/mol. The molecule has 0 radical (unpaired) electrons. The standard InChI is InChI=1S/C65H88N8O13/c1-37(2)34-70-24-26-72(27-25-70)46-32-48(82-30-14-13-20-69-22-28-73(29-23-69)50(75)35-71-21-19-66-36-71)54-49(33-46)85-63-55(67-54)52-51-44(9)65(11)83-31-18-47(81-12)40(5)61(84-45(10)74)42(7)58(77)41(6)57(76)38(3)16-15-17-39(4)64(80)68-56(63)60(79)53(52)59(78)43(8)62(51)86-65/h15-19,21,31-33,36-38,40-42,47,56-58,61,63,76-78H,9,13-14,20,22-30,34-35H2,1-8,10-12H3,(H,68,80)/b16-15+,31-18+,39-17-/t38-,40+,41+,42+,47-,56?,57-,58+,61+,63?,65-/m0/s1. The second-order valence-electron chi connectivity index (χ2n) is 24.7. The number of esters is 1. The van der Waals surface area contributed by atoms with Crippen LogP contribution in [0.25, 0.3) is 5.57 Å². The van der Waals surface area contributed by atoms with Crippen molar-refractivity contribution in [2.45, 2.75) is 131 Å². The number of rotatable bonds is 13. The van der Waals surface area contributed by atoms with E-state index in [-0.39, 0.29) is 51.9 Å². The molecule has 4 N–H and O–H groups in total. The van der Waals surface area contributed by atoms with Crippen molar-refractivity contribution in [1.82, 2.24) is 29.6 Å². The Bertz CT molecular complexity index is 3120. The number of benzene rings is 2. The van der Waals surface area contributed by atoms with E-state index in [1.165, 1.54) is 20.3 Å². The number of aliphatic hydroxyl groups excluding tert-OH is 2. The van der Waals surface area contributed by atoms with Gasteiger partial charge >= 0.3 is 5.97 Å². The predicted molar refractivity (Wildman–Crippen MR) is 326 cm³/mol. The number of hydrogen-bond acceptors (Lipinski definition) is 18. The van der Waals surface area contributed by atoms with E-state index in [0.29, 0.717) is 60.4 Å². The number of unbranched alkanes of at least 4 members (excludes halogenated alkanes) is 1. The zero-order chi connectivity index (χ0) is 61.9. The van der Waals surface area contributed by atoms with Gasteiger partial charge in [0.25, 0.3) is 5.79 Å². The molecule has 6 aliphatic heterocycles. The number of Topliss-reactive ketones (excluding diaryl/α,β-unsaturated/α-hetero) is 1. The number of carbonyl (C=O) groups is 4. The van der Waals surface area contributed by atoms with Crippen LogP contribution in [-0.2, 0) is 35.1 Å². The van der Waals surface area contributed by atoms with Gasteiger partial charge in [0.1, 0.15) is 35.9 Å². The number of anilines is 1. The lowest BCUT2D eigenvalue weighted by Crippen LogP contribution is -2.58. The second-order valence-corrected chi connectivity index (χ2v) is 24.7. The zero-order valence-electron chi connectivity index (χ0n) is 51.8. The number of amides is 2. The van der Waals surface area contributed by atoms with Crippen LogP contribution < -0.4 is 24.4 Å². The number of imidazole rings is 1. The molecule has 11 atom stereocenters. The number of phenols is 1. The molecule has 1 aliphatic carbocycles. The van der Waals surface area contributed by atoms with Gasteiger partial charge in [0.15, 0.2) is 23.4 Å². The number of carbonyl (C=O) groups excluding carboxylic acids is 4. The van der Waals surface area contributed by atoms with E-state index in [4.69, 9.17) is 33.4 Å². The smallest absolute Gasteiger partial charge is 0.302 e. The minimum absolute atomic E-state index is 0.0737. The largest absolute Gasteiger partial charge is 0.507 e. The minimum Gasteiger partial charge on any atom is -0.507 e. The Morgan fingerprint density at radius 2 is 1.64 bits per heavy atom. The quantitative estimate of drug-likeness (QED) is 0.104. The number of aromatic hydroxyl groups is 1. The zero-order valence-corrected chi connectivity index (χ0v) is 51.8. The van der Waals surface area contributed by atoms with Crippen LogP contribution in [0.5, 0.6) is 23.0 Å². The van der Waals surface area contributed by atoms with Crippen LogP contribution in [0.4, 0.5) is 11.4 Å². The summed E-state index contributed by atoms with van der Waals surface area (Å²) < 4.78 is 40.7. The van der Waals surface area contributed by atoms with E-state index in [1.54, 1.807) is 89.1 Å². The van der Waals surface area contributed by atoms with E-state index in [0.717, 1.165) is 64.5 Å². The monoisotopic (exact) mass is 1190 g/mol. The Balaban J connectivity index is 1.08. The van der Waals surface area contributed by atoms with Crippen LogP contribution in [0, 0.1) is 36.5 Å². The first-order chi connectivity index (χ1) is 41.0. The summed E-state index contributed by atoms with van der Waals surface area (Å²) in [5, 5.41) is 38.7. The van der Waals surface area contributed by atoms with E-state index in [2.05, 4.69) is 45.4 Å². The molecule has 7 aliphatic rings. The third-order valence-electron chi connectivity index (χ3n) is 18.0. The van der Waals surface area contributed by atoms with Crippen molar-refractivity contribution in [3.8, 4) is 23.0 Å². The minimum atomic E-state index is -1.64. The highest BCUT2D eigenvalue weighted by Crippen LogP contribution is 2.55. The van der Waals surface area contributed by atoms with Crippen molar-refractivity contribution in [2.24, 2.45) is 34.6 Å². The summed E-state index contributed by atoms with van der Waals surface area (Å²) >= 11 is 0. The van der Waals surface area contributed by atoms with Crippen LogP contribution in [0.3, 0.4) is 0 Å². The highest BCUT2D eigenvalue weighted by Gasteiger charge is 2.53. The molecule has 0 spiro atoms. The van der Waals surface area contributed by atoms with E-state index in [9.17, 15) is 29.7 Å². The molecule has 466 valence electrons. The molecule has 2 unspecified atom stereocenters. The van der Waals surface area contributed by atoms with Crippen LogP contribution in [0.15, 0.2) is 78.6 Å². The number of aliphatic imine (C=N–C) groups is 1. The Morgan fingerprint density at radius 3 is 2.31 bits per heavy atom. The summed E-state index contributed by atoms with van der Waals surface area (Å²) in [4.78, 5) is 74.0. The van der Waals surface area contributed by atoms with Gasteiger partial charge in [0.05, 0.1) is 48.8 Å². The second kappa shape index (κ2) is 26.9. The molecule has 21 heteroatoms. The summed E-state index contributed by atoms with van der Waals surface area (Å²) in [5.74, 6) is -4.63. The molecule has 2 saturated heterocycles. The Kier molecular flexibility index (Phi) is 19.9. The molecule has 0 saturated carbocycles. The summed E-state index contributed by atoms with van der Waals surface area (Å²) in [6, 6.07) is 2.51. The van der Waals surface area contributed by atoms with Gasteiger partial charge in [0.2, 0.25) is 11.8 Å². The molecule has 86 heavy (non-hydrogen) atoms. The van der Waals surface area contributed by atoms with Gasteiger partial charge in [-0.05, 0) is 45.2 Å². The average molecular weight is 1190 g/mol. The number of nitrogens with one attached hydrogen (secondary N) is 1. The van der Waals surface area contributed by atoms with Crippen LogP contribution in [-0.4, -0.2) is 190 Å². The summed E-state index contributed by atoms with van der Waals surface area (Å²) in [6.07, 6.45) is 9.62. The number of fused-ring (bicyclic) bond motifs is 14. The maximum absolute atomic E-state index is 15.4. The Hall–Kier alpha value is -7.04. The van der Waals surface area contributed by atoms with Gasteiger partial charge in [-0.3, -0.25) is 29.0 Å². The Labute approximate surface area is 505 Å². The van der Waals surface area contributed by atoms with Gasteiger partial charge in [-0.1, -0.05) is 66.3 Å². The number of allylic oxidation sites excluding steroid dienone is 2. The highest BCUT2D eigenvalue weighted by atomic mass is 16.7. The van der Waals surface area contributed by atoms with Crippen LogP contribution in [0.2, 0.25) is 0 Å². The maximum Gasteiger partial charge on any atom is 0.302 e. The molecule has 2 aromatic carbocycles. The van der Waals surface area contributed by atoms with E-state index >= 15 is 4.79 Å². The number of ether oxygens (including phenoxy) is 6. The molecule has 2 amide bonds. The fourth-order valence-electron chi connectivity index (χ4n) is 12.8. The first-order valence-electron chi connectivity index (χ1n) is 30.4. The number of aromatic nitrogens is 2. The normalized spacial score (nSPS) is 29.8. The van der Waals surface area contributed by atoms with Crippen molar-refractivity contribution >= 4 is 46.2 Å². The lowest BCUT2D eigenvalue weighted by Gasteiger charge is -2.39. The molecule has 21 nitrogen and oxygen atoms in total. The third kappa shape index (κ3) is 13.4. The third-order valence-corrected chi connectivity index (χ3v) is 18.0. The number of piperazine rings is 2. The van der Waals surface area contributed by atoms with Crippen LogP contribution >= 0.6 is 0 Å². The fraction of sp³-hybridized carbons (Fsp3) is 0.569. The molecule has 3 aromatic rings.